The third-order valence-electron chi connectivity index (χ3n) is 7.65. The molecule has 3 aromatic rings. The Morgan fingerprint density at radius 2 is 2.02 bits per heavy atom. The molecule has 0 saturated carbocycles. The van der Waals surface area contributed by atoms with Crippen LogP contribution in [0.1, 0.15) is 47.4 Å². The molecule has 0 spiro atoms. The summed E-state index contributed by atoms with van der Waals surface area (Å²) in [6, 6.07) is 11.5. The first kappa shape index (κ1) is 29.1. The van der Waals surface area contributed by atoms with Crippen LogP contribution in [0.2, 0.25) is 0 Å². The number of aliphatic hydroxyl groups is 1. The van der Waals surface area contributed by atoms with E-state index in [1.165, 1.54) is 16.2 Å². The fourth-order valence-electron chi connectivity index (χ4n) is 5.64. The first-order valence-electron chi connectivity index (χ1n) is 13.5. The number of nitrogens with zero attached hydrogens (tertiary/aromatic N) is 5. The van der Waals surface area contributed by atoms with E-state index < -0.39 is 18.2 Å². The van der Waals surface area contributed by atoms with Crippen molar-refractivity contribution in [1.29, 1.82) is 0 Å². The van der Waals surface area contributed by atoms with Crippen molar-refractivity contribution >= 4 is 51.3 Å². The second-order valence-corrected chi connectivity index (χ2v) is 11.8. The number of fused-ring (bicyclic) bond motifs is 1. The van der Waals surface area contributed by atoms with Gasteiger partial charge in [-0.25, -0.2) is 4.98 Å². The summed E-state index contributed by atoms with van der Waals surface area (Å²) >= 11 is 3.76. The average molecular weight is 587 g/mol. The van der Waals surface area contributed by atoms with Crippen molar-refractivity contribution in [1.82, 2.24) is 20.1 Å². The Morgan fingerprint density at radius 3 is 2.71 bits per heavy atom. The molecular weight excluding hydrogens is 555 g/mol. The van der Waals surface area contributed by atoms with Gasteiger partial charge in [0.1, 0.15) is 12.1 Å². The molecule has 2 aliphatic rings. The molecule has 10 nitrogen and oxygen atoms in total. The van der Waals surface area contributed by atoms with E-state index in [4.69, 9.17) is 0 Å². The standard InChI is InChI=1S/C29H31N6O4S.Al/c1-16(2)25(35-13-20-6-4-5-7-22(20)28(35)38)29(39)34-14-21(36)11-24(34)27(37)31-12-19-9-8-18(10-23(19)33-30)26-17(3)32-15-40-26;/h4-10,15-16,21,24-25,36H,11-14H2,1-3H3,(H,31,37);/q-1;+1/t21-,24+,25+;/m1./s1. The predicted molar refractivity (Wildman–Crippen MR) is 155 cm³/mol. The molecule has 0 bridgehead atoms. The molecule has 210 valence electrons. The normalized spacial score (nSPS) is 19.3. The molecule has 2 N–H and O–H groups in total. The van der Waals surface area contributed by atoms with Crippen molar-refractivity contribution in [2.75, 3.05) is 6.54 Å². The van der Waals surface area contributed by atoms with Crippen molar-refractivity contribution in [3.8, 4) is 10.4 Å². The van der Waals surface area contributed by atoms with Crippen molar-refractivity contribution < 1.29 is 19.5 Å². The van der Waals surface area contributed by atoms with Gasteiger partial charge >= 0.3 is 16.5 Å². The number of benzene rings is 2. The first-order valence-corrected chi connectivity index (χ1v) is 14.9. The number of aryl methyl sites for hydroxylation is 1. The largest absolute Gasteiger partial charge is 0.391 e. The second-order valence-electron chi connectivity index (χ2n) is 10.7. The molecule has 41 heavy (non-hydrogen) atoms. The average Bonchev–Trinajstić information content (AvgIpc) is 3.65. The van der Waals surface area contributed by atoms with Crippen LogP contribution in [0, 0.1) is 12.8 Å². The fraction of sp³-hybridized carbons (Fsp3) is 0.379. The minimum atomic E-state index is -0.857. The van der Waals surface area contributed by atoms with Gasteiger partial charge in [0, 0.05) is 31.6 Å². The SMILES string of the molecule is Cc1ncsc1-c1ccc(CNC(=O)[C@@H]2C[C@@H](O)CN2C(=O)[C@H](C(C)C)N2Cc3ccccc3C2=O)c(N=[N][Al])c1. The molecule has 1 saturated heterocycles. The van der Waals surface area contributed by atoms with Gasteiger partial charge in [0.05, 0.1) is 27.9 Å². The molecule has 3 atom stereocenters. The molecule has 2 aliphatic heterocycles. The quantitative estimate of drug-likeness (QED) is 0.308. The van der Waals surface area contributed by atoms with E-state index in [9.17, 15) is 19.5 Å². The lowest BCUT2D eigenvalue weighted by atomic mass is 10.0. The molecule has 1 aromatic heterocycles. The number of rotatable bonds is 8. The number of carbonyl (C=O) groups excluding carboxylic acids is 3. The third kappa shape index (κ3) is 5.83. The Labute approximate surface area is 251 Å². The Kier molecular flexibility index (Phi) is 8.66. The van der Waals surface area contributed by atoms with E-state index in [-0.39, 0.29) is 43.1 Å². The lowest BCUT2D eigenvalue weighted by Gasteiger charge is -2.35. The summed E-state index contributed by atoms with van der Waals surface area (Å²) in [6.07, 6.45) is -0.712. The molecule has 3 heterocycles. The van der Waals surface area contributed by atoms with Crippen molar-refractivity contribution in [2.45, 2.75) is 58.5 Å². The third-order valence-corrected chi connectivity index (χ3v) is 8.74. The molecule has 1 fully saturated rings. The molecule has 3 amide bonds. The number of β-amino-alcohol motifs (C(OH)–C–C–N with tert-alkyl or cyclic N) is 1. The van der Waals surface area contributed by atoms with Crippen molar-refractivity contribution in [3.05, 3.63) is 70.4 Å². The maximum Gasteiger partial charge on any atom is 0.386 e. The molecular formula is C29H31AlN6O4S. The van der Waals surface area contributed by atoms with Crippen LogP contribution in [-0.2, 0) is 22.7 Å². The molecule has 5 rings (SSSR count). The lowest BCUT2D eigenvalue weighted by Crippen LogP contribution is -2.55. The van der Waals surface area contributed by atoms with Crippen LogP contribution in [0.5, 0.6) is 0 Å². The van der Waals surface area contributed by atoms with E-state index in [2.05, 4.69) is 36.0 Å². The minimum absolute atomic E-state index is 0.0323. The van der Waals surface area contributed by atoms with Crippen LogP contribution in [0.4, 0.5) is 5.69 Å². The van der Waals surface area contributed by atoms with Crippen LogP contribution in [-0.4, -0.2) is 78.9 Å². The predicted octanol–water partition coefficient (Wildman–Crippen LogP) is 3.54. The van der Waals surface area contributed by atoms with Gasteiger partial charge in [-0.2, -0.15) is 5.11 Å². The van der Waals surface area contributed by atoms with Crippen LogP contribution in [0.25, 0.3) is 10.4 Å². The van der Waals surface area contributed by atoms with Gasteiger partial charge in [0.2, 0.25) is 11.8 Å². The van der Waals surface area contributed by atoms with Gasteiger partial charge in [-0.15, -0.1) is 11.3 Å². The van der Waals surface area contributed by atoms with Crippen LogP contribution < -0.4 is 5.32 Å². The van der Waals surface area contributed by atoms with E-state index in [1.54, 1.807) is 16.5 Å². The van der Waals surface area contributed by atoms with Gasteiger partial charge in [-0.3, -0.25) is 14.4 Å². The molecule has 0 unspecified atom stereocenters. The fourth-order valence-corrected chi connectivity index (χ4v) is 6.57. The van der Waals surface area contributed by atoms with Crippen molar-refractivity contribution in [2.24, 2.45) is 15.1 Å². The highest BCUT2D eigenvalue weighted by Crippen LogP contribution is 2.33. The number of thiazole rings is 1. The van der Waals surface area contributed by atoms with Crippen molar-refractivity contribution in [3.63, 3.8) is 0 Å². The van der Waals surface area contributed by atoms with Crippen LogP contribution in [0.3, 0.4) is 0 Å². The zero-order chi connectivity index (χ0) is 29.3. The Bertz CT molecular complexity index is 1510. The molecule has 2 aromatic carbocycles. The molecule has 0 aliphatic carbocycles. The highest BCUT2D eigenvalue weighted by atomic mass is 32.1. The Balaban J connectivity index is 1.32. The summed E-state index contributed by atoms with van der Waals surface area (Å²) in [5.74, 6) is -1.09. The molecule has 2 radical (unpaired) electrons. The maximum atomic E-state index is 13.9. The zero-order valence-corrected chi connectivity index (χ0v) is 25.1. The van der Waals surface area contributed by atoms with Crippen LogP contribution >= 0.6 is 11.3 Å². The van der Waals surface area contributed by atoms with E-state index in [0.29, 0.717) is 17.8 Å². The van der Waals surface area contributed by atoms with Gasteiger partial charge in [0.25, 0.3) is 5.91 Å². The minimum Gasteiger partial charge on any atom is -0.391 e. The monoisotopic (exact) mass is 586 g/mol. The number of hydrogen-bond acceptors (Lipinski definition) is 8. The summed E-state index contributed by atoms with van der Waals surface area (Å²) < 4.78 is 3.85. The Morgan fingerprint density at radius 1 is 1.24 bits per heavy atom. The van der Waals surface area contributed by atoms with Crippen LogP contribution in [0.15, 0.2) is 57.2 Å². The second kappa shape index (κ2) is 12.2. The summed E-state index contributed by atoms with van der Waals surface area (Å²) in [7, 11) is 0. The number of likely N-dealkylation sites (tertiary alicyclic amines) is 1. The number of nitrogens with one attached hydrogen (secondary N) is 1. The van der Waals surface area contributed by atoms with Gasteiger partial charge < -0.3 is 24.3 Å². The van der Waals surface area contributed by atoms with Gasteiger partial charge in [-0.05, 0) is 41.7 Å². The van der Waals surface area contributed by atoms with E-state index in [0.717, 1.165) is 27.3 Å². The highest BCUT2D eigenvalue weighted by molar-refractivity contribution is 7.13. The summed E-state index contributed by atoms with van der Waals surface area (Å²) in [6.45, 7) is 6.26. The number of aromatic nitrogens is 1. The summed E-state index contributed by atoms with van der Waals surface area (Å²) in [4.78, 5) is 48.9. The first-order chi connectivity index (χ1) is 19.7. The zero-order valence-electron chi connectivity index (χ0n) is 23.2. The maximum absolute atomic E-state index is 13.9. The van der Waals surface area contributed by atoms with E-state index in [1.807, 2.05) is 57.2 Å². The number of carbonyl (C=O) groups is 3. The summed E-state index contributed by atoms with van der Waals surface area (Å²) in [5.41, 5.74) is 6.51. The van der Waals surface area contributed by atoms with Gasteiger partial charge in [-0.1, -0.05) is 44.2 Å². The number of amides is 3. The lowest BCUT2D eigenvalue weighted by molar-refractivity contribution is -0.143. The van der Waals surface area contributed by atoms with Gasteiger partial charge in [0.15, 0.2) is 0 Å². The highest BCUT2D eigenvalue weighted by Gasteiger charge is 2.45. The smallest absolute Gasteiger partial charge is 0.386 e. The number of hydrogen-bond donors (Lipinski definition) is 2. The topological polar surface area (TPSA) is 128 Å². The molecule has 12 heteroatoms. The van der Waals surface area contributed by atoms with E-state index >= 15 is 0 Å². The Hall–Kier alpha value is -3.43. The number of aliphatic hydroxyl groups excluding tert-OH is 1. The summed E-state index contributed by atoms with van der Waals surface area (Å²) in [5, 5.41) is 17.7.